The van der Waals surface area contributed by atoms with Crippen LogP contribution >= 0.6 is 11.3 Å². The van der Waals surface area contributed by atoms with Crippen molar-refractivity contribution in [2.75, 3.05) is 0 Å². The number of hydrogen-bond acceptors (Lipinski definition) is 1. The summed E-state index contributed by atoms with van der Waals surface area (Å²) in [4.78, 5) is 0. The molecule has 0 amide bonds. The number of fused-ring (bicyclic) bond motifs is 3. The molecule has 2 heteroatoms. The van der Waals surface area contributed by atoms with Gasteiger partial charge in [0, 0.05) is 0 Å². The summed E-state index contributed by atoms with van der Waals surface area (Å²) in [5.41, 5.74) is 4.23. The molecule has 0 atom stereocenters. The number of hydrogen-bond donors (Lipinski definition) is 0. The molecule has 0 unspecified atom stereocenters. The number of rotatable bonds is 0. The van der Waals surface area contributed by atoms with Crippen LogP contribution in [-0.2, 0) is 31.0 Å². The SMILES string of the molecule is Cc1cc2sc3cc(C)[c]([Y])cc3c2cc1C. The molecule has 0 saturated heterocycles. The molecule has 17 heavy (non-hydrogen) atoms. The predicted octanol–water partition coefficient (Wildman–Crippen LogP) is 4.15. The van der Waals surface area contributed by atoms with E-state index in [9.17, 15) is 0 Å². The van der Waals surface area contributed by atoms with Crippen LogP contribution in [0.1, 0.15) is 16.7 Å². The summed E-state index contributed by atoms with van der Waals surface area (Å²) in [7, 11) is 0. The van der Waals surface area contributed by atoms with Crippen LogP contribution in [0.5, 0.6) is 0 Å². The summed E-state index contributed by atoms with van der Waals surface area (Å²) in [6, 6.07) is 9.42. The summed E-state index contributed by atoms with van der Waals surface area (Å²) < 4.78 is 4.37. The zero-order valence-corrected chi connectivity index (χ0v) is 13.9. The Labute approximate surface area is 125 Å². The molecule has 0 saturated carbocycles. The average Bonchev–Trinajstić information content (AvgIpc) is 2.58. The summed E-state index contributed by atoms with van der Waals surface area (Å²) in [5, 5.41) is 2.88. The molecule has 82 valence electrons. The monoisotopic (exact) mass is 314 g/mol. The van der Waals surface area contributed by atoms with E-state index in [0.29, 0.717) is 0 Å². The molecule has 0 bridgehead atoms. The molecule has 3 aromatic rings. The second kappa shape index (κ2) is 4.15. The topological polar surface area (TPSA) is 0 Å². The molecular weight excluding hydrogens is 301 g/mol. The van der Waals surface area contributed by atoms with E-state index >= 15 is 0 Å². The van der Waals surface area contributed by atoms with Gasteiger partial charge in [0.1, 0.15) is 0 Å². The van der Waals surface area contributed by atoms with Gasteiger partial charge in [-0.3, -0.25) is 0 Å². The van der Waals surface area contributed by atoms with Gasteiger partial charge in [-0.15, -0.1) is 0 Å². The molecule has 3 rings (SSSR count). The van der Waals surface area contributed by atoms with Gasteiger partial charge >= 0.3 is 127 Å². The Morgan fingerprint density at radius 2 is 1.29 bits per heavy atom. The molecule has 2 aromatic carbocycles. The van der Waals surface area contributed by atoms with Crippen molar-refractivity contribution in [2.45, 2.75) is 20.8 Å². The summed E-state index contributed by atoms with van der Waals surface area (Å²) in [6.07, 6.45) is 0. The van der Waals surface area contributed by atoms with Crippen LogP contribution in [0.2, 0.25) is 0 Å². The Kier molecular flexibility index (Phi) is 2.89. The van der Waals surface area contributed by atoms with Crippen LogP contribution < -0.4 is 2.37 Å². The molecule has 0 fully saturated rings. The molecule has 0 spiro atoms. The fourth-order valence-electron chi connectivity index (χ4n) is 2.20. The van der Waals surface area contributed by atoms with E-state index in [2.05, 4.69) is 45.0 Å². The Bertz CT molecular complexity index is 675. The zero-order chi connectivity index (χ0) is 12.2. The van der Waals surface area contributed by atoms with Crippen molar-refractivity contribution in [1.29, 1.82) is 0 Å². The fraction of sp³-hybridized carbons (Fsp3) is 0.200. The van der Waals surface area contributed by atoms with E-state index < -0.39 is 0 Å². The van der Waals surface area contributed by atoms with Crippen LogP contribution in [0.25, 0.3) is 20.2 Å². The normalized spacial score (nSPS) is 11.4. The maximum absolute atomic E-state index is 2.39. The average molecular weight is 314 g/mol. The number of aryl methyl sites for hydroxylation is 3. The minimum absolute atomic E-state index is 1.20. The van der Waals surface area contributed by atoms with Crippen molar-refractivity contribution in [3.05, 3.63) is 41.0 Å². The van der Waals surface area contributed by atoms with Gasteiger partial charge < -0.3 is 0 Å². The third-order valence-corrected chi connectivity index (χ3v) is 6.12. The molecule has 0 radical (unpaired) electrons. The molecule has 0 nitrogen and oxygen atoms in total. The van der Waals surface area contributed by atoms with E-state index in [1.807, 2.05) is 11.3 Å². The van der Waals surface area contributed by atoms with Gasteiger partial charge in [0.2, 0.25) is 0 Å². The molecule has 0 aliphatic heterocycles. The predicted molar refractivity (Wildman–Crippen MR) is 73.2 cm³/mol. The van der Waals surface area contributed by atoms with Gasteiger partial charge in [0.05, 0.1) is 0 Å². The van der Waals surface area contributed by atoms with E-state index in [4.69, 9.17) is 0 Å². The van der Waals surface area contributed by atoms with Gasteiger partial charge in [-0.1, -0.05) is 0 Å². The van der Waals surface area contributed by atoms with Crippen molar-refractivity contribution in [1.82, 2.24) is 0 Å². The molecule has 0 aliphatic carbocycles. The van der Waals surface area contributed by atoms with Crippen molar-refractivity contribution in [3.8, 4) is 0 Å². The Morgan fingerprint density at radius 3 is 2.00 bits per heavy atom. The molecule has 1 aromatic heterocycles. The molecular formula is C15H13SY. The Hall–Kier alpha value is -0.236. The van der Waals surface area contributed by atoms with Crippen molar-refractivity contribution in [2.24, 2.45) is 0 Å². The first-order valence-corrected chi connectivity index (χ1v) is 7.99. The van der Waals surface area contributed by atoms with Crippen LogP contribution in [0.15, 0.2) is 24.3 Å². The first-order valence-electron chi connectivity index (χ1n) is 5.76. The summed E-state index contributed by atoms with van der Waals surface area (Å²) in [5.74, 6) is 0. The zero-order valence-electron chi connectivity index (χ0n) is 10.3. The molecule has 1 heterocycles. The van der Waals surface area contributed by atoms with E-state index in [1.54, 1.807) is 0 Å². The fourth-order valence-corrected chi connectivity index (χ4v) is 4.08. The van der Waals surface area contributed by atoms with Crippen molar-refractivity contribution in [3.63, 3.8) is 0 Å². The molecule has 0 N–H and O–H groups in total. The maximum atomic E-state index is 2.39. The second-order valence-corrected chi connectivity index (χ2v) is 7.35. The van der Waals surface area contributed by atoms with E-state index in [1.165, 1.54) is 70.2 Å². The first-order chi connectivity index (χ1) is 8.06. The third kappa shape index (κ3) is 1.89. The van der Waals surface area contributed by atoms with E-state index in [0.717, 1.165) is 0 Å². The van der Waals surface area contributed by atoms with Gasteiger partial charge in [-0.05, 0) is 0 Å². The van der Waals surface area contributed by atoms with E-state index in [-0.39, 0.29) is 0 Å². The standard InChI is InChI=1S/C15H13S.Y/c1-9-4-5-12-13-7-10(2)11(3)8-15(13)16-14(12)6-9;/h5-8H,1-3H3;. The second-order valence-electron chi connectivity index (χ2n) is 4.74. The van der Waals surface area contributed by atoms with Gasteiger partial charge in [-0.2, -0.15) is 0 Å². The summed E-state index contributed by atoms with van der Waals surface area (Å²) >= 11 is 3.12. The third-order valence-electron chi connectivity index (χ3n) is 3.47. The number of benzene rings is 2. The van der Waals surface area contributed by atoms with Crippen LogP contribution in [0.3, 0.4) is 0 Å². The van der Waals surface area contributed by atoms with Crippen molar-refractivity contribution >= 4 is 33.9 Å². The minimum atomic E-state index is 1.20. The first kappa shape index (κ1) is 11.8. The summed E-state index contributed by atoms with van der Waals surface area (Å²) in [6.45, 7) is 6.62. The van der Waals surface area contributed by atoms with Crippen LogP contribution in [0.4, 0.5) is 0 Å². The Balaban J connectivity index is 2.51. The number of thiophene rings is 1. The van der Waals surface area contributed by atoms with Gasteiger partial charge in [0.25, 0.3) is 0 Å². The van der Waals surface area contributed by atoms with Gasteiger partial charge in [-0.25, -0.2) is 0 Å². The van der Waals surface area contributed by atoms with Crippen LogP contribution in [-0.4, -0.2) is 0 Å². The Morgan fingerprint density at radius 1 is 0.765 bits per heavy atom. The quantitative estimate of drug-likeness (QED) is 0.585. The van der Waals surface area contributed by atoms with Gasteiger partial charge in [0.15, 0.2) is 0 Å². The molecule has 0 aliphatic rings. The van der Waals surface area contributed by atoms with Crippen LogP contribution in [0, 0.1) is 20.8 Å². The van der Waals surface area contributed by atoms with Crippen molar-refractivity contribution < 1.29 is 31.0 Å².